The average Bonchev–Trinajstić information content (AvgIpc) is 2.96. The van der Waals surface area contributed by atoms with E-state index in [4.69, 9.17) is 4.74 Å². The van der Waals surface area contributed by atoms with Gasteiger partial charge in [0.15, 0.2) is 0 Å². The summed E-state index contributed by atoms with van der Waals surface area (Å²) in [6.45, 7) is 7.71. The molecule has 22 heavy (non-hydrogen) atoms. The maximum absolute atomic E-state index is 11.4. The van der Waals surface area contributed by atoms with E-state index in [1.807, 2.05) is 20.8 Å². The fourth-order valence-corrected chi connectivity index (χ4v) is 2.04. The Balaban J connectivity index is 1.80. The average molecular weight is 302 g/mol. The van der Waals surface area contributed by atoms with Gasteiger partial charge in [0.2, 0.25) is 5.95 Å². The molecule has 0 unspecified atom stereocenters. The van der Waals surface area contributed by atoms with Crippen LogP contribution in [-0.4, -0.2) is 41.3 Å². The van der Waals surface area contributed by atoms with Gasteiger partial charge in [-0.2, -0.15) is 0 Å². The third-order valence-corrected chi connectivity index (χ3v) is 2.98. The molecule has 2 rings (SSSR count). The maximum atomic E-state index is 11.4. The van der Waals surface area contributed by atoms with Gasteiger partial charge in [-0.3, -0.25) is 0 Å². The Morgan fingerprint density at radius 2 is 1.95 bits per heavy atom. The molecule has 1 aliphatic heterocycles. The van der Waals surface area contributed by atoms with Crippen LogP contribution in [0.3, 0.4) is 0 Å². The van der Waals surface area contributed by atoms with Crippen molar-refractivity contribution in [2.45, 2.75) is 39.2 Å². The summed E-state index contributed by atoms with van der Waals surface area (Å²) in [6, 6.07) is 0. The Kier molecular flexibility index (Phi) is 5.21. The van der Waals surface area contributed by atoms with Crippen LogP contribution in [0.4, 0.5) is 10.7 Å². The predicted molar refractivity (Wildman–Crippen MR) is 84.6 cm³/mol. The molecular formula is C16H22N4O2. The quantitative estimate of drug-likeness (QED) is 0.846. The number of amides is 1. The fourth-order valence-electron chi connectivity index (χ4n) is 2.04. The molecule has 1 saturated heterocycles. The van der Waals surface area contributed by atoms with Gasteiger partial charge in [0.1, 0.15) is 5.60 Å². The van der Waals surface area contributed by atoms with Gasteiger partial charge in [-0.1, -0.05) is 11.8 Å². The number of ether oxygens (including phenoxy) is 1. The van der Waals surface area contributed by atoms with E-state index in [1.54, 1.807) is 12.4 Å². The number of carbonyl (C=O) groups is 1. The predicted octanol–water partition coefficient (Wildman–Crippen LogP) is 1.95. The largest absolute Gasteiger partial charge is 0.444 e. The van der Waals surface area contributed by atoms with Crippen LogP contribution < -0.4 is 10.2 Å². The normalized spacial score (nSPS) is 14.2. The second-order valence-electron chi connectivity index (χ2n) is 6.12. The molecule has 0 atom stereocenters. The molecule has 1 N–H and O–H groups in total. The van der Waals surface area contributed by atoms with Crippen molar-refractivity contribution in [3.8, 4) is 11.8 Å². The lowest BCUT2D eigenvalue weighted by Crippen LogP contribution is -2.32. The summed E-state index contributed by atoms with van der Waals surface area (Å²) in [5.74, 6) is 6.53. The highest BCUT2D eigenvalue weighted by Crippen LogP contribution is 2.14. The van der Waals surface area contributed by atoms with Crippen LogP contribution in [0.2, 0.25) is 0 Å². The van der Waals surface area contributed by atoms with Crippen molar-refractivity contribution < 1.29 is 9.53 Å². The lowest BCUT2D eigenvalue weighted by Gasteiger charge is -2.19. The first-order valence-corrected chi connectivity index (χ1v) is 7.47. The SMILES string of the molecule is CC(C)(C)OC(=O)NCC#Cc1cnc(N2CCCC2)nc1. The van der Waals surface area contributed by atoms with E-state index in [9.17, 15) is 4.79 Å². The first-order valence-electron chi connectivity index (χ1n) is 7.47. The molecule has 0 bridgehead atoms. The molecule has 1 amide bonds. The van der Waals surface area contributed by atoms with Crippen molar-refractivity contribution in [2.24, 2.45) is 0 Å². The Morgan fingerprint density at radius 3 is 2.55 bits per heavy atom. The number of aromatic nitrogens is 2. The number of anilines is 1. The van der Waals surface area contributed by atoms with Crippen LogP contribution in [0.25, 0.3) is 0 Å². The monoisotopic (exact) mass is 302 g/mol. The summed E-state index contributed by atoms with van der Waals surface area (Å²) < 4.78 is 5.11. The van der Waals surface area contributed by atoms with Gasteiger partial charge >= 0.3 is 6.09 Å². The highest BCUT2D eigenvalue weighted by molar-refractivity contribution is 5.68. The third-order valence-electron chi connectivity index (χ3n) is 2.98. The number of nitrogens with zero attached hydrogens (tertiary/aromatic N) is 3. The Bertz CT molecular complexity index is 561. The molecule has 118 valence electrons. The zero-order valence-electron chi connectivity index (χ0n) is 13.3. The minimum atomic E-state index is -0.503. The van der Waals surface area contributed by atoms with Crippen molar-refractivity contribution in [1.82, 2.24) is 15.3 Å². The lowest BCUT2D eigenvalue weighted by molar-refractivity contribution is 0.0535. The molecule has 1 aromatic rings. The first kappa shape index (κ1) is 16.1. The lowest BCUT2D eigenvalue weighted by atomic mass is 10.2. The molecule has 2 heterocycles. The van der Waals surface area contributed by atoms with Crippen LogP contribution in [0.5, 0.6) is 0 Å². The summed E-state index contributed by atoms with van der Waals surface area (Å²) in [7, 11) is 0. The summed E-state index contributed by atoms with van der Waals surface area (Å²) in [6.07, 6.45) is 5.34. The number of alkyl carbamates (subject to hydrolysis) is 1. The Labute approximate surface area is 131 Å². The topological polar surface area (TPSA) is 67.3 Å². The molecule has 0 aromatic carbocycles. The molecule has 0 spiro atoms. The number of carbonyl (C=O) groups excluding carboxylic acids is 1. The van der Waals surface area contributed by atoms with E-state index in [0.29, 0.717) is 0 Å². The van der Waals surface area contributed by atoms with Gasteiger partial charge in [0.05, 0.1) is 12.1 Å². The summed E-state index contributed by atoms with van der Waals surface area (Å²) >= 11 is 0. The molecular weight excluding hydrogens is 280 g/mol. The number of nitrogens with one attached hydrogen (secondary N) is 1. The van der Waals surface area contributed by atoms with Gasteiger partial charge in [-0.05, 0) is 33.6 Å². The summed E-state index contributed by atoms with van der Waals surface area (Å²) in [5, 5.41) is 2.58. The van der Waals surface area contributed by atoms with Crippen molar-refractivity contribution in [2.75, 3.05) is 24.5 Å². The van der Waals surface area contributed by atoms with E-state index < -0.39 is 11.7 Å². The van der Waals surface area contributed by atoms with Crippen LogP contribution >= 0.6 is 0 Å². The van der Waals surface area contributed by atoms with Crippen LogP contribution in [0, 0.1) is 11.8 Å². The highest BCUT2D eigenvalue weighted by Gasteiger charge is 2.15. The molecule has 1 aliphatic rings. The van der Waals surface area contributed by atoms with Crippen molar-refractivity contribution in [3.63, 3.8) is 0 Å². The van der Waals surface area contributed by atoms with Crippen molar-refractivity contribution in [1.29, 1.82) is 0 Å². The molecule has 0 radical (unpaired) electrons. The molecule has 0 saturated carbocycles. The number of hydrogen-bond acceptors (Lipinski definition) is 5. The van der Waals surface area contributed by atoms with Crippen molar-refractivity contribution >= 4 is 12.0 Å². The zero-order valence-corrected chi connectivity index (χ0v) is 13.3. The van der Waals surface area contributed by atoms with Gasteiger partial charge in [-0.15, -0.1) is 0 Å². The molecule has 6 heteroatoms. The van der Waals surface area contributed by atoms with Crippen molar-refractivity contribution in [3.05, 3.63) is 18.0 Å². The second kappa shape index (κ2) is 7.12. The van der Waals surface area contributed by atoms with Crippen LogP contribution in [0.15, 0.2) is 12.4 Å². The summed E-state index contributed by atoms with van der Waals surface area (Å²) in [4.78, 5) is 22.2. The zero-order chi connectivity index (χ0) is 16.0. The van der Waals surface area contributed by atoms with Crippen LogP contribution in [-0.2, 0) is 4.74 Å². The second-order valence-corrected chi connectivity index (χ2v) is 6.12. The van der Waals surface area contributed by atoms with Gasteiger partial charge in [0, 0.05) is 25.5 Å². The fraction of sp³-hybridized carbons (Fsp3) is 0.562. The van der Waals surface area contributed by atoms with Crippen LogP contribution in [0.1, 0.15) is 39.2 Å². The molecule has 1 fully saturated rings. The minimum absolute atomic E-state index is 0.225. The van der Waals surface area contributed by atoms with Gasteiger partial charge < -0.3 is 15.0 Å². The third kappa shape index (κ3) is 5.24. The Morgan fingerprint density at radius 1 is 1.32 bits per heavy atom. The summed E-state index contributed by atoms with van der Waals surface area (Å²) in [5.41, 5.74) is 0.227. The van der Waals surface area contributed by atoms with E-state index >= 15 is 0 Å². The number of rotatable bonds is 2. The standard InChI is InChI=1S/C16H22N4O2/c1-16(2,3)22-15(21)17-8-6-7-13-11-18-14(19-12-13)20-9-4-5-10-20/h11-12H,4-5,8-10H2,1-3H3,(H,17,21). The first-order chi connectivity index (χ1) is 10.4. The van der Waals surface area contributed by atoms with Gasteiger partial charge in [0.25, 0.3) is 0 Å². The molecule has 1 aromatic heterocycles. The molecule has 0 aliphatic carbocycles. The molecule has 6 nitrogen and oxygen atoms in total. The van der Waals surface area contributed by atoms with E-state index in [2.05, 4.69) is 32.0 Å². The smallest absolute Gasteiger partial charge is 0.408 e. The van der Waals surface area contributed by atoms with E-state index in [1.165, 1.54) is 12.8 Å². The van der Waals surface area contributed by atoms with E-state index in [-0.39, 0.29) is 6.54 Å². The minimum Gasteiger partial charge on any atom is -0.444 e. The maximum Gasteiger partial charge on any atom is 0.408 e. The van der Waals surface area contributed by atoms with Gasteiger partial charge in [-0.25, -0.2) is 14.8 Å². The van der Waals surface area contributed by atoms with E-state index in [0.717, 1.165) is 24.6 Å². The Hall–Kier alpha value is -2.29. The number of hydrogen-bond donors (Lipinski definition) is 1. The highest BCUT2D eigenvalue weighted by atomic mass is 16.6.